The number of aromatic amines is 1. The summed E-state index contributed by atoms with van der Waals surface area (Å²) in [6.45, 7) is 0.856. The van der Waals surface area contributed by atoms with Crippen LogP contribution in [0.4, 0.5) is 0 Å². The van der Waals surface area contributed by atoms with Gasteiger partial charge >= 0.3 is 0 Å². The third kappa shape index (κ3) is 4.44. The number of piperidine rings is 1. The number of hydrogen-bond acceptors (Lipinski definition) is 5. The lowest BCUT2D eigenvalue weighted by molar-refractivity contribution is -0.133. The van der Waals surface area contributed by atoms with Gasteiger partial charge in [-0.25, -0.2) is 5.10 Å². The zero-order chi connectivity index (χ0) is 21.8. The van der Waals surface area contributed by atoms with Gasteiger partial charge in [0, 0.05) is 31.1 Å². The number of likely N-dealkylation sites (tertiary alicyclic amines) is 1. The molecule has 1 saturated heterocycles. The average molecular weight is 437 g/mol. The number of hydrogen-bond donors (Lipinski definition) is 2. The van der Waals surface area contributed by atoms with E-state index >= 15 is 0 Å². The van der Waals surface area contributed by atoms with Crippen LogP contribution in [-0.4, -0.2) is 47.0 Å². The summed E-state index contributed by atoms with van der Waals surface area (Å²) < 4.78 is 0. The lowest BCUT2D eigenvalue weighted by atomic mass is 9.74. The van der Waals surface area contributed by atoms with Crippen molar-refractivity contribution in [2.45, 2.75) is 19.3 Å². The molecule has 1 aliphatic rings. The first-order valence-electron chi connectivity index (χ1n) is 10.2. The number of carbonyl (C=O) groups excluding carboxylic acids is 2. The Kier molecular flexibility index (Phi) is 5.99. The molecule has 2 amide bonds. The van der Waals surface area contributed by atoms with Crippen molar-refractivity contribution in [1.82, 2.24) is 20.4 Å². The van der Waals surface area contributed by atoms with Crippen LogP contribution in [0.1, 0.15) is 28.9 Å². The van der Waals surface area contributed by atoms with Crippen LogP contribution in [-0.2, 0) is 11.2 Å². The number of carbonyl (C=O) groups is 2. The third-order valence-corrected chi connectivity index (χ3v) is 6.69. The summed E-state index contributed by atoms with van der Waals surface area (Å²) >= 11 is 1.69. The number of H-pyrrole nitrogens is 1. The monoisotopic (exact) mass is 436 g/mol. The molecule has 1 aliphatic heterocycles. The molecule has 160 valence electrons. The zero-order valence-electron chi connectivity index (χ0n) is 17.3. The molecule has 2 aromatic heterocycles. The van der Waals surface area contributed by atoms with Gasteiger partial charge in [-0.1, -0.05) is 30.3 Å². The molecule has 1 atom stereocenters. The normalized spacial score (nSPS) is 18.5. The van der Waals surface area contributed by atoms with Gasteiger partial charge in [-0.15, -0.1) is 11.3 Å². The van der Waals surface area contributed by atoms with E-state index in [-0.39, 0.29) is 23.1 Å². The fourth-order valence-electron chi connectivity index (χ4n) is 4.23. The number of benzene rings is 1. The second-order valence-corrected chi connectivity index (χ2v) is 8.79. The maximum atomic E-state index is 13.0. The Bertz CT molecular complexity index is 1100. The van der Waals surface area contributed by atoms with Gasteiger partial charge in [0.1, 0.15) is 5.69 Å². The third-order valence-electron chi connectivity index (χ3n) is 5.77. The Labute approximate surface area is 184 Å². The first-order valence-corrected chi connectivity index (χ1v) is 11.1. The van der Waals surface area contributed by atoms with E-state index in [0.29, 0.717) is 25.9 Å². The number of thiophene rings is 1. The highest BCUT2D eigenvalue weighted by Gasteiger charge is 2.43. The maximum Gasteiger partial charge on any atom is 0.274 e. The van der Waals surface area contributed by atoms with Crippen molar-refractivity contribution in [1.29, 1.82) is 0 Å². The molecule has 8 heteroatoms. The summed E-state index contributed by atoms with van der Waals surface area (Å²) in [6.07, 6.45) is 1.96. The molecule has 0 saturated carbocycles. The summed E-state index contributed by atoms with van der Waals surface area (Å²) in [5.74, 6) is -0.348. The van der Waals surface area contributed by atoms with Gasteiger partial charge in [0.05, 0.1) is 5.41 Å². The zero-order valence-corrected chi connectivity index (χ0v) is 18.1. The van der Waals surface area contributed by atoms with Gasteiger partial charge in [-0.2, -0.15) is 5.10 Å². The molecule has 7 nitrogen and oxygen atoms in total. The van der Waals surface area contributed by atoms with E-state index in [2.05, 4.69) is 51.2 Å². The molecular formula is C23H24N4O3S. The fraction of sp³-hybridized carbons (Fsp3) is 0.304. The van der Waals surface area contributed by atoms with Gasteiger partial charge in [-0.3, -0.25) is 14.4 Å². The van der Waals surface area contributed by atoms with Crippen LogP contribution >= 0.6 is 11.3 Å². The number of nitrogens with zero attached hydrogens (tertiary/aromatic N) is 2. The van der Waals surface area contributed by atoms with E-state index in [1.54, 1.807) is 23.3 Å². The second kappa shape index (κ2) is 8.85. The highest BCUT2D eigenvalue weighted by molar-refractivity contribution is 7.13. The van der Waals surface area contributed by atoms with Crippen molar-refractivity contribution in [3.63, 3.8) is 0 Å². The van der Waals surface area contributed by atoms with Crippen LogP contribution in [0.15, 0.2) is 58.7 Å². The van der Waals surface area contributed by atoms with Crippen LogP contribution in [0.5, 0.6) is 0 Å². The van der Waals surface area contributed by atoms with Gasteiger partial charge in [0.15, 0.2) is 0 Å². The Hall–Kier alpha value is -3.26. The van der Waals surface area contributed by atoms with E-state index in [0.717, 1.165) is 17.5 Å². The van der Waals surface area contributed by atoms with E-state index in [4.69, 9.17) is 0 Å². The quantitative estimate of drug-likeness (QED) is 0.643. The summed E-state index contributed by atoms with van der Waals surface area (Å²) in [5.41, 5.74) is 1.31. The molecule has 0 spiro atoms. The van der Waals surface area contributed by atoms with Crippen molar-refractivity contribution in [2.24, 2.45) is 5.41 Å². The lowest BCUT2D eigenvalue weighted by Crippen LogP contribution is -2.54. The molecular weight excluding hydrogens is 412 g/mol. The summed E-state index contributed by atoms with van der Waals surface area (Å²) in [4.78, 5) is 40.1. The topological polar surface area (TPSA) is 95.2 Å². The predicted octanol–water partition coefficient (Wildman–Crippen LogP) is 2.71. The molecule has 2 N–H and O–H groups in total. The summed E-state index contributed by atoms with van der Waals surface area (Å²) in [7, 11) is 1.63. The van der Waals surface area contributed by atoms with Crippen molar-refractivity contribution in [3.05, 3.63) is 75.5 Å². The van der Waals surface area contributed by atoms with E-state index in [1.807, 2.05) is 6.07 Å². The smallest absolute Gasteiger partial charge is 0.274 e. The minimum Gasteiger partial charge on any atom is -0.359 e. The van der Waals surface area contributed by atoms with E-state index in [1.165, 1.54) is 17.0 Å². The maximum absolute atomic E-state index is 13.0. The van der Waals surface area contributed by atoms with Gasteiger partial charge in [0.25, 0.3) is 11.5 Å². The van der Waals surface area contributed by atoms with Gasteiger partial charge in [-0.05, 0) is 47.9 Å². The summed E-state index contributed by atoms with van der Waals surface area (Å²) in [5, 5.41) is 11.0. The first kappa shape index (κ1) is 21.0. The van der Waals surface area contributed by atoms with Crippen LogP contribution in [0, 0.1) is 5.41 Å². The number of aromatic nitrogens is 2. The van der Waals surface area contributed by atoms with E-state index < -0.39 is 5.41 Å². The minimum absolute atomic E-state index is 0.0678. The minimum atomic E-state index is -0.713. The van der Waals surface area contributed by atoms with Gasteiger partial charge < -0.3 is 10.2 Å². The van der Waals surface area contributed by atoms with Crippen LogP contribution in [0.2, 0.25) is 0 Å². The Morgan fingerprint density at radius 2 is 2.00 bits per heavy atom. The SMILES string of the molecule is CNC(=O)C1(Cc2ccc(-c3cccs3)cc2)CCCN(C(=O)c2ccc(=O)[nH]n2)C1. The fourth-order valence-corrected chi connectivity index (χ4v) is 4.96. The standard InChI is InChI=1S/C23H24N4O3S/c1-24-22(30)23(14-16-5-7-17(8-6-16)19-4-2-13-31-19)11-3-12-27(15-23)21(29)18-9-10-20(28)26-25-18/h2,4-10,13H,3,11-12,14-15H2,1H3,(H,24,30)(H,26,28). The molecule has 3 aromatic rings. The van der Waals surface area contributed by atoms with Crippen LogP contribution in [0.3, 0.4) is 0 Å². The Morgan fingerprint density at radius 1 is 1.19 bits per heavy atom. The second-order valence-electron chi connectivity index (χ2n) is 7.85. The molecule has 1 aromatic carbocycles. The number of nitrogens with one attached hydrogen (secondary N) is 2. The molecule has 4 rings (SSSR count). The molecule has 1 unspecified atom stereocenters. The molecule has 0 aliphatic carbocycles. The molecule has 1 fully saturated rings. The molecule has 0 radical (unpaired) electrons. The molecule has 31 heavy (non-hydrogen) atoms. The number of rotatable bonds is 5. The lowest BCUT2D eigenvalue weighted by Gasteiger charge is -2.41. The van der Waals surface area contributed by atoms with Crippen molar-refractivity contribution in [2.75, 3.05) is 20.1 Å². The highest BCUT2D eigenvalue weighted by atomic mass is 32.1. The average Bonchev–Trinajstić information content (AvgIpc) is 3.34. The Morgan fingerprint density at radius 3 is 2.65 bits per heavy atom. The first-order chi connectivity index (χ1) is 15.0. The van der Waals surface area contributed by atoms with Crippen LogP contribution in [0.25, 0.3) is 10.4 Å². The number of amides is 2. The molecule has 3 heterocycles. The summed E-state index contributed by atoms with van der Waals surface area (Å²) in [6, 6.07) is 15.1. The largest absolute Gasteiger partial charge is 0.359 e. The van der Waals surface area contributed by atoms with Crippen LogP contribution < -0.4 is 10.9 Å². The van der Waals surface area contributed by atoms with Crippen molar-refractivity contribution < 1.29 is 9.59 Å². The molecule has 0 bridgehead atoms. The van der Waals surface area contributed by atoms with Crippen molar-refractivity contribution >= 4 is 23.2 Å². The van der Waals surface area contributed by atoms with Gasteiger partial charge in [0.2, 0.25) is 5.91 Å². The van der Waals surface area contributed by atoms with Crippen molar-refractivity contribution in [3.8, 4) is 10.4 Å². The highest BCUT2D eigenvalue weighted by Crippen LogP contribution is 2.35. The predicted molar refractivity (Wildman–Crippen MR) is 120 cm³/mol. The Balaban J connectivity index is 1.57. The van der Waals surface area contributed by atoms with E-state index in [9.17, 15) is 14.4 Å².